The molecule has 1 aliphatic heterocycles. The predicted molar refractivity (Wildman–Crippen MR) is 102 cm³/mol. The molecule has 1 aliphatic rings. The van der Waals surface area contributed by atoms with Crippen molar-refractivity contribution in [3.05, 3.63) is 29.8 Å². The van der Waals surface area contributed by atoms with Gasteiger partial charge in [0.25, 0.3) is 0 Å². The number of benzene rings is 1. The first-order chi connectivity index (χ1) is 12.3. The molecule has 0 N–H and O–H groups in total. The highest BCUT2D eigenvalue weighted by molar-refractivity contribution is 7.89. The predicted octanol–water partition coefficient (Wildman–Crippen LogP) is 2.91. The molecule has 27 heavy (non-hydrogen) atoms. The van der Waals surface area contributed by atoms with E-state index in [-0.39, 0.29) is 29.8 Å². The quantitative estimate of drug-likeness (QED) is 0.734. The zero-order valence-corrected chi connectivity index (χ0v) is 17.5. The van der Waals surface area contributed by atoms with Crippen LogP contribution in [0.1, 0.15) is 51.9 Å². The van der Waals surface area contributed by atoms with Gasteiger partial charge in [-0.05, 0) is 53.7 Å². The summed E-state index contributed by atoms with van der Waals surface area (Å²) < 4.78 is 32.9. The fraction of sp³-hybridized carbons (Fsp3) is 0.579. The van der Waals surface area contributed by atoms with E-state index in [0.717, 1.165) is 0 Å². The number of amides is 1. The molecule has 0 saturated carbocycles. The van der Waals surface area contributed by atoms with Crippen LogP contribution < -0.4 is 0 Å². The fourth-order valence-corrected chi connectivity index (χ4v) is 4.72. The molecule has 1 aromatic rings. The fourth-order valence-electron chi connectivity index (χ4n) is 3.03. The zero-order valence-electron chi connectivity index (χ0n) is 16.7. The summed E-state index contributed by atoms with van der Waals surface area (Å²) in [6.45, 7) is 10.9. The molecule has 8 heteroatoms. The number of Topliss-reactive ketones (excluding diaryl/α,β-unsaturated/α-hetero) is 1. The summed E-state index contributed by atoms with van der Waals surface area (Å²) in [5, 5.41) is 0. The number of piperazine rings is 1. The molecule has 2 atom stereocenters. The van der Waals surface area contributed by atoms with E-state index < -0.39 is 27.8 Å². The third-order valence-electron chi connectivity index (χ3n) is 4.70. The molecule has 1 fully saturated rings. The van der Waals surface area contributed by atoms with E-state index in [1.165, 1.54) is 35.5 Å². The number of ketones is 1. The van der Waals surface area contributed by atoms with Crippen LogP contribution in [0, 0.1) is 0 Å². The molecule has 7 nitrogen and oxygen atoms in total. The van der Waals surface area contributed by atoms with Crippen LogP contribution >= 0.6 is 0 Å². The molecule has 0 unspecified atom stereocenters. The molecule has 0 aliphatic carbocycles. The van der Waals surface area contributed by atoms with E-state index >= 15 is 0 Å². The Morgan fingerprint density at radius 1 is 1.04 bits per heavy atom. The second kappa shape index (κ2) is 7.59. The van der Waals surface area contributed by atoms with Crippen molar-refractivity contribution in [1.82, 2.24) is 9.21 Å². The van der Waals surface area contributed by atoms with Crippen molar-refractivity contribution in [2.24, 2.45) is 0 Å². The number of hydrogen-bond acceptors (Lipinski definition) is 5. The van der Waals surface area contributed by atoms with Gasteiger partial charge in [-0.1, -0.05) is 12.1 Å². The van der Waals surface area contributed by atoms with Crippen molar-refractivity contribution in [2.75, 3.05) is 13.1 Å². The van der Waals surface area contributed by atoms with E-state index in [9.17, 15) is 18.0 Å². The standard InChI is InChI=1S/C19H28N2O5S/c1-13-14(2)21(12-11-20(13)18(23)26-19(4,5)6)27(24,25)17-9-7-16(8-10-17)15(3)22/h7-10,13-14H,11-12H2,1-6H3/t13-,14+/m0/s1. The maximum Gasteiger partial charge on any atom is 0.410 e. The maximum absolute atomic E-state index is 13.0. The first kappa shape index (κ1) is 21.4. The minimum absolute atomic E-state index is 0.119. The lowest BCUT2D eigenvalue weighted by Crippen LogP contribution is -2.60. The summed E-state index contributed by atoms with van der Waals surface area (Å²) in [7, 11) is -3.73. The first-order valence-electron chi connectivity index (χ1n) is 8.97. The van der Waals surface area contributed by atoms with Crippen LogP contribution in [0.25, 0.3) is 0 Å². The van der Waals surface area contributed by atoms with Crippen molar-refractivity contribution in [1.29, 1.82) is 0 Å². The molecule has 2 rings (SSSR count). The Balaban J connectivity index is 2.21. The van der Waals surface area contributed by atoms with E-state index in [4.69, 9.17) is 4.74 Å². The number of carbonyl (C=O) groups excluding carboxylic acids is 2. The number of nitrogens with zero attached hydrogens (tertiary/aromatic N) is 2. The Hall–Kier alpha value is -1.93. The van der Waals surface area contributed by atoms with Gasteiger partial charge in [-0.2, -0.15) is 4.31 Å². The van der Waals surface area contributed by atoms with Gasteiger partial charge in [0, 0.05) is 30.7 Å². The highest BCUT2D eigenvalue weighted by atomic mass is 32.2. The van der Waals surface area contributed by atoms with Crippen LogP contribution in [0.2, 0.25) is 0 Å². The topological polar surface area (TPSA) is 84.0 Å². The molecule has 1 amide bonds. The number of hydrogen-bond donors (Lipinski definition) is 0. The van der Waals surface area contributed by atoms with Gasteiger partial charge in [-0.25, -0.2) is 13.2 Å². The average molecular weight is 397 g/mol. The average Bonchev–Trinajstić information content (AvgIpc) is 2.55. The number of rotatable bonds is 3. The third-order valence-corrected chi connectivity index (χ3v) is 6.70. The van der Waals surface area contributed by atoms with Gasteiger partial charge >= 0.3 is 6.09 Å². The van der Waals surface area contributed by atoms with Gasteiger partial charge in [0.15, 0.2) is 5.78 Å². The van der Waals surface area contributed by atoms with Crippen molar-refractivity contribution in [3.8, 4) is 0 Å². The Morgan fingerprint density at radius 3 is 2.07 bits per heavy atom. The van der Waals surface area contributed by atoms with E-state index in [0.29, 0.717) is 5.56 Å². The summed E-state index contributed by atoms with van der Waals surface area (Å²) in [6.07, 6.45) is -0.440. The number of carbonyl (C=O) groups is 2. The van der Waals surface area contributed by atoms with Gasteiger partial charge in [-0.15, -0.1) is 0 Å². The van der Waals surface area contributed by atoms with Crippen LogP contribution in [0.3, 0.4) is 0 Å². The highest BCUT2D eigenvalue weighted by Crippen LogP contribution is 2.26. The summed E-state index contributed by atoms with van der Waals surface area (Å²) >= 11 is 0. The lowest BCUT2D eigenvalue weighted by Gasteiger charge is -2.44. The van der Waals surface area contributed by atoms with Crippen molar-refractivity contribution in [3.63, 3.8) is 0 Å². The Morgan fingerprint density at radius 2 is 1.59 bits per heavy atom. The molecule has 1 saturated heterocycles. The van der Waals surface area contributed by atoms with Gasteiger partial charge in [0.1, 0.15) is 5.60 Å². The van der Waals surface area contributed by atoms with E-state index in [1.54, 1.807) is 32.6 Å². The highest BCUT2D eigenvalue weighted by Gasteiger charge is 2.41. The van der Waals surface area contributed by atoms with Gasteiger partial charge in [0.05, 0.1) is 4.90 Å². The molecule has 0 bridgehead atoms. The SMILES string of the molecule is CC(=O)c1ccc(S(=O)(=O)N2CCN(C(=O)OC(C)(C)C)[C@@H](C)[C@H]2C)cc1. The monoisotopic (exact) mass is 396 g/mol. The third kappa shape index (κ3) is 4.68. The Labute approximate surface area is 161 Å². The second-order valence-electron chi connectivity index (χ2n) is 7.85. The number of ether oxygens (including phenoxy) is 1. The molecule has 1 aromatic carbocycles. The van der Waals surface area contributed by atoms with E-state index in [2.05, 4.69) is 0 Å². The van der Waals surface area contributed by atoms with Crippen molar-refractivity contribution >= 4 is 21.9 Å². The van der Waals surface area contributed by atoms with Gasteiger partial charge in [0.2, 0.25) is 10.0 Å². The first-order valence-corrected chi connectivity index (χ1v) is 10.4. The molecular formula is C19H28N2O5S. The van der Waals surface area contributed by atoms with Crippen molar-refractivity contribution < 1.29 is 22.7 Å². The van der Waals surface area contributed by atoms with E-state index in [1.807, 2.05) is 6.92 Å². The van der Waals surface area contributed by atoms with Crippen LogP contribution in [-0.2, 0) is 14.8 Å². The molecule has 0 radical (unpaired) electrons. The summed E-state index contributed by atoms with van der Waals surface area (Å²) in [6, 6.07) is 5.18. The van der Waals surface area contributed by atoms with Crippen LogP contribution in [-0.4, -0.2) is 60.3 Å². The summed E-state index contributed by atoms with van der Waals surface area (Å²) in [4.78, 5) is 25.5. The van der Waals surface area contributed by atoms with Crippen molar-refractivity contribution in [2.45, 2.75) is 64.1 Å². The second-order valence-corrected chi connectivity index (χ2v) is 9.74. The Kier molecular flexibility index (Phi) is 6.01. The Bertz CT molecular complexity index is 811. The molecule has 150 valence electrons. The lowest BCUT2D eigenvalue weighted by molar-refractivity contribution is 0.000101. The maximum atomic E-state index is 13.0. The minimum atomic E-state index is -3.73. The van der Waals surface area contributed by atoms with Crippen LogP contribution in [0.5, 0.6) is 0 Å². The smallest absolute Gasteiger partial charge is 0.410 e. The molecule has 0 aromatic heterocycles. The lowest BCUT2D eigenvalue weighted by atomic mass is 10.1. The minimum Gasteiger partial charge on any atom is -0.444 e. The summed E-state index contributed by atoms with van der Waals surface area (Å²) in [5.41, 5.74) is -0.146. The molecular weight excluding hydrogens is 368 g/mol. The van der Waals surface area contributed by atoms with Gasteiger partial charge in [-0.3, -0.25) is 4.79 Å². The van der Waals surface area contributed by atoms with Crippen LogP contribution in [0.15, 0.2) is 29.2 Å². The number of sulfonamides is 1. The van der Waals surface area contributed by atoms with Crippen LogP contribution in [0.4, 0.5) is 4.79 Å². The molecule has 1 heterocycles. The summed E-state index contributed by atoms with van der Waals surface area (Å²) in [5.74, 6) is -0.119. The zero-order chi connectivity index (χ0) is 20.6. The molecule has 0 spiro atoms. The largest absolute Gasteiger partial charge is 0.444 e. The van der Waals surface area contributed by atoms with Gasteiger partial charge < -0.3 is 9.64 Å². The normalized spacial score (nSPS) is 21.8.